The van der Waals surface area contributed by atoms with E-state index in [1.165, 1.54) is 25.7 Å². The first kappa shape index (κ1) is 60.1. The molecule has 0 unspecified atom stereocenters. The van der Waals surface area contributed by atoms with Crippen LogP contribution in [0.1, 0.15) is 66.7 Å². The van der Waals surface area contributed by atoms with E-state index in [1.807, 2.05) is 6.92 Å². The van der Waals surface area contributed by atoms with Crippen LogP contribution in [-0.4, -0.2) is 36.7 Å². The molecule has 0 aliphatic carbocycles. The summed E-state index contributed by atoms with van der Waals surface area (Å²) >= 11 is 16.2. The van der Waals surface area contributed by atoms with Gasteiger partial charge >= 0.3 is 8.05 Å². The number of rotatable bonds is 5. The van der Waals surface area contributed by atoms with Crippen LogP contribution in [0, 0.1) is 6.92 Å². The molecule has 0 atom stereocenters. The van der Waals surface area contributed by atoms with E-state index in [4.69, 9.17) is 12.1 Å². The Balaban J connectivity index is -0.0000000260. The number of halogens is 5. The number of hydrogen-bond donors (Lipinski definition) is 2. The summed E-state index contributed by atoms with van der Waals surface area (Å²) in [4.78, 5) is 0. The molecular weight excluding hydrogens is 1030 g/mol. The Labute approximate surface area is 290 Å². The van der Waals surface area contributed by atoms with Crippen LogP contribution in [0.2, 0.25) is 0 Å². The molecule has 0 amide bonds. The molecule has 9 radical (unpaired) electrons. The summed E-state index contributed by atoms with van der Waals surface area (Å²) in [6.07, 6.45) is 7.30. The molecule has 1 N–H and O–H groups in total. The Bertz CT molecular complexity index is 231. The van der Waals surface area contributed by atoms with Crippen molar-refractivity contribution < 1.29 is 28.2 Å². The van der Waals surface area contributed by atoms with E-state index < -0.39 is 0 Å². The van der Waals surface area contributed by atoms with Crippen molar-refractivity contribution in [2.45, 2.75) is 68.1 Å². The first-order valence-corrected chi connectivity index (χ1v) is 15.8. The second kappa shape index (κ2) is 76.5. The summed E-state index contributed by atoms with van der Waals surface area (Å²) < 4.78 is 5.08. The Morgan fingerprint density at radius 1 is 1.06 bits per heavy atom. The van der Waals surface area contributed by atoms with E-state index in [-0.39, 0.29) is 18.6 Å². The van der Waals surface area contributed by atoms with Crippen LogP contribution in [0.4, 0.5) is 0 Å². The summed E-state index contributed by atoms with van der Waals surface area (Å²) in [5.41, 5.74) is 0. The molecule has 0 saturated carbocycles. The summed E-state index contributed by atoms with van der Waals surface area (Å²) in [5.74, 6) is 0. The third kappa shape index (κ3) is 234. The van der Waals surface area contributed by atoms with E-state index in [2.05, 4.69) is 201 Å². The van der Waals surface area contributed by atoms with Gasteiger partial charge in [0.25, 0.3) is 8.05 Å². The SMILES string of the molecule is CCC(I)(I)I.CCC(I)I.CCCC.[B]O.[B]OC=C.[B]S.[B]SC=C.[CH2-]CC.[V]. The van der Waals surface area contributed by atoms with Gasteiger partial charge in [-0.2, -0.15) is 6.42 Å². The Hall–Kier alpha value is 4.43. The van der Waals surface area contributed by atoms with E-state index in [0.717, 1.165) is 26.2 Å². The predicted octanol–water partition coefficient (Wildman–Crippen LogP) is 9.22. The summed E-state index contributed by atoms with van der Waals surface area (Å²) in [6.45, 7) is 20.7. The van der Waals surface area contributed by atoms with Crippen molar-refractivity contribution in [3.05, 3.63) is 31.8 Å². The van der Waals surface area contributed by atoms with Crippen LogP contribution in [0.25, 0.3) is 0 Å². The fourth-order valence-corrected chi connectivity index (χ4v) is 0. The van der Waals surface area contributed by atoms with Gasteiger partial charge in [0, 0.05) is 18.6 Å². The normalized spacial score (nSPS) is 7.16. The van der Waals surface area contributed by atoms with E-state index in [1.54, 1.807) is 5.41 Å². The Morgan fingerprint density at radius 2 is 1.23 bits per heavy atom. The third-order valence-electron chi connectivity index (χ3n) is 1.40. The zero-order valence-electron chi connectivity index (χ0n) is 19.2. The van der Waals surface area contributed by atoms with Gasteiger partial charge in [-0.25, -0.2) is 24.1 Å². The predicted molar refractivity (Wildman–Crippen MR) is 197 cm³/mol. The van der Waals surface area contributed by atoms with Gasteiger partial charge in [-0.1, -0.05) is 174 Å². The van der Waals surface area contributed by atoms with Crippen LogP contribution in [0.3, 0.4) is 0 Å². The first-order chi connectivity index (χ1) is 14.0. The molecule has 0 aliphatic heterocycles. The van der Waals surface area contributed by atoms with E-state index in [0.29, 0.717) is -0.565 Å². The number of unbranched alkanes of at least 4 members (excludes halogenated alkanes) is 1. The van der Waals surface area contributed by atoms with Crippen LogP contribution < -0.4 is 0 Å². The zero-order valence-corrected chi connectivity index (χ0v) is 33.1. The van der Waals surface area contributed by atoms with Crippen LogP contribution in [0.15, 0.2) is 24.8 Å². The maximum absolute atomic E-state index is 6.50. The van der Waals surface area contributed by atoms with Crippen molar-refractivity contribution in [2.24, 2.45) is 0 Å². The van der Waals surface area contributed by atoms with Gasteiger partial charge in [0.15, 0.2) is 14.2 Å². The van der Waals surface area contributed by atoms with Crippen LogP contribution in [-0.2, 0) is 23.2 Å². The molecule has 0 heterocycles. The largest absolute Gasteiger partial charge is 0.573 e. The van der Waals surface area contributed by atoms with Gasteiger partial charge in [0.2, 0.25) is 0 Å². The number of thiol groups is 1. The molecule has 181 valence electrons. The smallest absolute Gasteiger partial charge is 0.373 e. The molecular formula is C17H36B4I5O2S2V-. The van der Waals surface area contributed by atoms with Crippen molar-refractivity contribution in [3.63, 3.8) is 0 Å². The molecule has 0 aromatic carbocycles. The van der Waals surface area contributed by atoms with Gasteiger partial charge in [0.05, 0.1) is 8.19 Å². The maximum Gasteiger partial charge on any atom is 0.373 e. The van der Waals surface area contributed by atoms with Gasteiger partial charge in [-0.05, 0) is 18.2 Å². The topological polar surface area (TPSA) is 29.5 Å². The monoisotopic (exact) mass is 1070 g/mol. The minimum absolute atomic E-state index is 0. The molecule has 0 saturated heterocycles. The summed E-state index contributed by atoms with van der Waals surface area (Å²) in [5, 5.41) is 8.07. The minimum atomic E-state index is 0. The number of alkyl halides is 5. The molecule has 0 aromatic rings. The fourth-order valence-electron chi connectivity index (χ4n) is 0. The zero-order chi connectivity index (χ0) is 26.4. The van der Waals surface area contributed by atoms with Crippen molar-refractivity contribution in [1.29, 1.82) is 0 Å². The molecule has 0 aliphatic rings. The summed E-state index contributed by atoms with van der Waals surface area (Å²) in [7, 11) is 16.9. The second-order valence-corrected chi connectivity index (χ2v) is 21.6. The minimum Gasteiger partial charge on any atom is -0.573 e. The standard InChI is InChI=1S/C4H10.C3H5I3.C3H6I2.C3H7.C2H3BO.C2H3BS.BHO.BHS.V/c1-3-4-2;1-2-3(4,5)6;1-2-3(4)5;1-3-2;2*1-2-4-3;2*1-2;/h3-4H2,1-2H3;2H2,1H3;3H,2H2,1H3;1,3H2,2H3;2*2H,1H2;2*2H;/q;;;-1;;;;;. The van der Waals surface area contributed by atoms with E-state index >= 15 is 0 Å². The van der Waals surface area contributed by atoms with Crippen molar-refractivity contribution >= 4 is 167 Å². The quantitative estimate of drug-likeness (QED) is 0.0720. The Kier molecular flexibility index (Phi) is 148. The van der Waals surface area contributed by atoms with Gasteiger partial charge in [-0.15, -0.1) is 0 Å². The second-order valence-electron chi connectivity index (χ2n) is 3.87. The van der Waals surface area contributed by atoms with Crippen LogP contribution >= 0.6 is 137 Å². The Morgan fingerprint density at radius 3 is 1.23 bits per heavy atom. The van der Waals surface area contributed by atoms with Crippen molar-refractivity contribution in [1.82, 2.24) is 0 Å². The maximum atomic E-state index is 6.50. The molecule has 0 spiro atoms. The third-order valence-corrected chi connectivity index (χ3v) is 5.64. The van der Waals surface area contributed by atoms with Gasteiger partial charge in [-0.3, -0.25) is 0 Å². The fraction of sp³-hybridized carbons (Fsp3) is 0.706. The molecule has 14 heteroatoms. The van der Waals surface area contributed by atoms with Gasteiger partial charge in [0.1, 0.15) is -0.565 Å². The van der Waals surface area contributed by atoms with Crippen molar-refractivity contribution in [3.8, 4) is 0 Å². The van der Waals surface area contributed by atoms with Crippen LogP contribution in [0.5, 0.6) is 0 Å². The average Bonchev–Trinajstić information content (AvgIpc) is 2.77. The average molecular weight is 1070 g/mol. The molecule has 0 aromatic heterocycles. The molecule has 0 fully saturated rings. The molecule has 31 heavy (non-hydrogen) atoms. The number of hydrogen-bond acceptors (Lipinski definition) is 4. The van der Waals surface area contributed by atoms with Gasteiger partial charge < -0.3 is 16.6 Å². The molecule has 0 rings (SSSR count). The van der Waals surface area contributed by atoms with E-state index in [9.17, 15) is 0 Å². The van der Waals surface area contributed by atoms with Crippen molar-refractivity contribution in [2.75, 3.05) is 0 Å². The molecule has 2 nitrogen and oxygen atoms in total. The first-order valence-electron chi connectivity index (χ1n) is 8.58. The molecule has 0 bridgehead atoms. The summed E-state index contributed by atoms with van der Waals surface area (Å²) in [6, 6.07) is 0.